The van der Waals surface area contributed by atoms with E-state index in [1.807, 2.05) is 12.2 Å². The molecule has 0 bridgehead atoms. The Labute approximate surface area is 296 Å². The minimum atomic E-state index is 0.727. The van der Waals surface area contributed by atoms with E-state index in [2.05, 4.69) is 174 Å². The number of hydrogen-bond acceptors (Lipinski definition) is 1. The molecular weight excluding hydrogens is 603 g/mol. The van der Waals surface area contributed by atoms with E-state index in [-0.39, 0.29) is 0 Å². The molecule has 0 spiro atoms. The molecule has 0 aliphatic carbocycles. The fraction of sp³-hybridized carbons (Fsp3) is 0.0816. The minimum Gasteiger partial charge on any atom is -0.248 e. The molecule has 0 amide bonds. The van der Waals surface area contributed by atoms with E-state index < -0.39 is 0 Å². The van der Waals surface area contributed by atoms with E-state index in [1.165, 1.54) is 60.3 Å². The number of benzene rings is 7. The van der Waals surface area contributed by atoms with Gasteiger partial charge in [0.05, 0.1) is 11.4 Å². The molecule has 7 rings (SSSR count). The van der Waals surface area contributed by atoms with Crippen LogP contribution in [0.5, 0.6) is 0 Å². The number of allylic oxidation sites excluding steroid dienone is 2. The maximum atomic E-state index is 5.49. The van der Waals surface area contributed by atoms with Gasteiger partial charge in [0.15, 0.2) is 0 Å². The molecule has 7 aromatic carbocycles. The summed E-state index contributed by atoms with van der Waals surface area (Å²) < 4.78 is 0. The quantitative estimate of drug-likeness (QED) is 0.110. The second kappa shape index (κ2) is 13.8. The van der Waals surface area contributed by atoms with E-state index in [0.717, 1.165) is 45.5 Å². The van der Waals surface area contributed by atoms with Gasteiger partial charge < -0.3 is 0 Å². The minimum absolute atomic E-state index is 0.727. The highest BCUT2D eigenvalue weighted by atomic mass is 14.8. The summed E-state index contributed by atoms with van der Waals surface area (Å²) in [5.74, 6) is 0. The summed E-state index contributed by atoms with van der Waals surface area (Å²) >= 11 is 0. The monoisotopic (exact) mass is 643 g/mol. The molecule has 0 heterocycles. The first-order chi connectivity index (χ1) is 24.4. The Bertz CT molecular complexity index is 2500. The standard InChI is InChI=1S/C49H41N/c1-7-35-30-47(45-20-14-12-18-43(45)41(35)9-3)33(5)40(8-2)49(48-31-39-16-10-11-17-42(39)44-19-13-15-21-46(44)48)50-34(6)36-26-28-38(29-27-36)37-24-22-32(4)23-25-37/h7,9-31H,1,3,6,8H2,2,4-5H3/b40-33+,50-49?. The van der Waals surface area contributed by atoms with Gasteiger partial charge in [-0.3, -0.25) is 0 Å². The lowest BCUT2D eigenvalue weighted by Gasteiger charge is -2.20. The smallest absolute Gasteiger partial charge is 0.0750 e. The summed E-state index contributed by atoms with van der Waals surface area (Å²) in [6.07, 6.45) is 4.65. The second-order valence-corrected chi connectivity index (χ2v) is 12.9. The van der Waals surface area contributed by atoms with Gasteiger partial charge >= 0.3 is 0 Å². The fourth-order valence-electron chi connectivity index (χ4n) is 7.24. The molecule has 0 atom stereocenters. The maximum Gasteiger partial charge on any atom is 0.0750 e. The Balaban J connectivity index is 1.48. The van der Waals surface area contributed by atoms with E-state index >= 15 is 0 Å². The fourth-order valence-corrected chi connectivity index (χ4v) is 7.24. The molecule has 7 aromatic rings. The number of aliphatic imine (C=N–C) groups is 1. The van der Waals surface area contributed by atoms with E-state index in [9.17, 15) is 0 Å². The number of fused-ring (bicyclic) bond motifs is 4. The van der Waals surface area contributed by atoms with Crippen LogP contribution in [0.15, 0.2) is 164 Å². The van der Waals surface area contributed by atoms with Gasteiger partial charge in [-0.1, -0.05) is 166 Å². The highest BCUT2D eigenvalue weighted by Gasteiger charge is 2.20. The van der Waals surface area contributed by atoms with Gasteiger partial charge in [0.25, 0.3) is 0 Å². The number of rotatable bonds is 9. The third-order valence-corrected chi connectivity index (χ3v) is 9.91. The van der Waals surface area contributed by atoms with Gasteiger partial charge in [-0.05, 0) is 109 Å². The maximum absolute atomic E-state index is 5.49. The van der Waals surface area contributed by atoms with Crippen molar-refractivity contribution in [3.05, 3.63) is 192 Å². The number of nitrogens with zero attached hydrogens (tertiary/aromatic N) is 1. The van der Waals surface area contributed by atoms with Gasteiger partial charge in [-0.2, -0.15) is 0 Å². The van der Waals surface area contributed by atoms with Gasteiger partial charge in [0.1, 0.15) is 0 Å². The molecule has 0 aliphatic heterocycles. The largest absolute Gasteiger partial charge is 0.248 e. The van der Waals surface area contributed by atoms with Crippen LogP contribution in [0.25, 0.3) is 66.9 Å². The second-order valence-electron chi connectivity index (χ2n) is 12.9. The van der Waals surface area contributed by atoms with Crippen LogP contribution in [0.4, 0.5) is 0 Å². The molecule has 0 aromatic heterocycles. The van der Waals surface area contributed by atoms with Crippen molar-refractivity contribution < 1.29 is 0 Å². The first kappa shape index (κ1) is 32.5. The molecule has 0 N–H and O–H groups in total. The normalized spacial score (nSPS) is 12.3. The van der Waals surface area contributed by atoms with Gasteiger partial charge in [0.2, 0.25) is 0 Å². The lowest BCUT2D eigenvalue weighted by Crippen LogP contribution is -2.09. The third-order valence-electron chi connectivity index (χ3n) is 9.91. The van der Waals surface area contributed by atoms with Crippen LogP contribution in [-0.4, -0.2) is 5.71 Å². The lowest BCUT2D eigenvalue weighted by atomic mass is 9.85. The predicted octanol–water partition coefficient (Wildman–Crippen LogP) is 13.8. The van der Waals surface area contributed by atoms with Crippen molar-refractivity contribution in [2.75, 3.05) is 0 Å². The molecule has 50 heavy (non-hydrogen) atoms. The van der Waals surface area contributed by atoms with Crippen molar-refractivity contribution in [3.8, 4) is 11.1 Å². The molecule has 242 valence electrons. The Hall–Kier alpha value is -6.05. The molecule has 0 aliphatic rings. The zero-order valence-corrected chi connectivity index (χ0v) is 29.1. The third kappa shape index (κ3) is 5.93. The lowest BCUT2D eigenvalue weighted by molar-refractivity contribution is 1.17. The SMILES string of the molecule is C=Cc1cc(/C(C)=C(\CC)C(=NC(=C)c2ccc(-c3ccc(C)cc3)cc2)c2cc3ccccc3c3ccccc23)c2ccccc2c1C=C. The first-order valence-electron chi connectivity index (χ1n) is 17.3. The van der Waals surface area contributed by atoms with Crippen molar-refractivity contribution in [3.63, 3.8) is 0 Å². The summed E-state index contributed by atoms with van der Waals surface area (Å²) in [5, 5.41) is 7.15. The van der Waals surface area contributed by atoms with Crippen LogP contribution in [0.1, 0.15) is 53.6 Å². The van der Waals surface area contributed by atoms with Crippen LogP contribution in [0.3, 0.4) is 0 Å². The average Bonchev–Trinajstić information content (AvgIpc) is 3.17. The van der Waals surface area contributed by atoms with Gasteiger partial charge in [0, 0.05) is 5.56 Å². The van der Waals surface area contributed by atoms with Crippen LogP contribution in [-0.2, 0) is 0 Å². The van der Waals surface area contributed by atoms with Crippen molar-refractivity contribution in [2.24, 2.45) is 4.99 Å². The molecule has 0 fully saturated rings. The Morgan fingerprint density at radius 1 is 0.620 bits per heavy atom. The zero-order valence-electron chi connectivity index (χ0n) is 29.1. The molecular formula is C49H41N. The molecule has 0 radical (unpaired) electrons. The van der Waals surface area contributed by atoms with Crippen molar-refractivity contribution >= 4 is 61.5 Å². The van der Waals surface area contributed by atoms with E-state index in [0.29, 0.717) is 0 Å². The van der Waals surface area contributed by atoms with Gasteiger partial charge in [-0.25, -0.2) is 4.99 Å². The highest BCUT2D eigenvalue weighted by Crippen LogP contribution is 2.37. The molecule has 0 saturated heterocycles. The zero-order chi connectivity index (χ0) is 34.8. The van der Waals surface area contributed by atoms with Crippen molar-refractivity contribution in [1.82, 2.24) is 0 Å². The average molecular weight is 644 g/mol. The van der Waals surface area contributed by atoms with Crippen LogP contribution in [0.2, 0.25) is 0 Å². The Kier molecular flexibility index (Phi) is 8.98. The Morgan fingerprint density at radius 3 is 1.80 bits per heavy atom. The van der Waals surface area contributed by atoms with Crippen LogP contribution < -0.4 is 0 Å². The van der Waals surface area contributed by atoms with Crippen LogP contribution in [0, 0.1) is 6.92 Å². The summed E-state index contributed by atoms with van der Waals surface area (Å²) in [4.78, 5) is 5.49. The molecule has 0 saturated carbocycles. The number of aryl methyl sites for hydroxylation is 1. The van der Waals surface area contributed by atoms with E-state index in [4.69, 9.17) is 4.99 Å². The molecule has 0 unspecified atom stereocenters. The van der Waals surface area contributed by atoms with Crippen molar-refractivity contribution in [2.45, 2.75) is 27.2 Å². The summed E-state index contributed by atoms with van der Waals surface area (Å²) in [6.45, 7) is 19.4. The molecule has 1 heteroatoms. The summed E-state index contributed by atoms with van der Waals surface area (Å²) in [5.41, 5.74) is 13.1. The highest BCUT2D eigenvalue weighted by molar-refractivity contribution is 6.27. The summed E-state index contributed by atoms with van der Waals surface area (Å²) in [7, 11) is 0. The topological polar surface area (TPSA) is 12.4 Å². The van der Waals surface area contributed by atoms with Crippen molar-refractivity contribution in [1.29, 1.82) is 0 Å². The summed E-state index contributed by atoms with van der Waals surface area (Å²) in [6, 6.07) is 47.7. The first-order valence-corrected chi connectivity index (χ1v) is 17.3. The predicted molar refractivity (Wildman–Crippen MR) is 221 cm³/mol. The Morgan fingerprint density at radius 2 is 1.18 bits per heavy atom. The van der Waals surface area contributed by atoms with Crippen LogP contribution >= 0.6 is 0 Å². The van der Waals surface area contributed by atoms with Gasteiger partial charge in [-0.15, -0.1) is 0 Å². The van der Waals surface area contributed by atoms with E-state index in [1.54, 1.807) is 0 Å². The number of hydrogen-bond donors (Lipinski definition) is 0. The molecule has 1 nitrogen and oxygen atoms in total.